The number of rotatable bonds is 7. The Hall–Kier alpha value is -1.55. The standard InChI is InChI=1S/C9H16N4O2/c1-9(2,4-6-12-13-10)3-5-11-7-8(14)15/h5H,3-4,6-7H2,1-2H3,(H,14,15). The smallest absolute Gasteiger partial charge is 0.325 e. The molecule has 0 aliphatic heterocycles. The third-order valence-electron chi connectivity index (χ3n) is 1.95. The van der Waals surface area contributed by atoms with Gasteiger partial charge in [-0.3, -0.25) is 9.79 Å². The average molecular weight is 212 g/mol. The van der Waals surface area contributed by atoms with Crippen LogP contribution in [0.2, 0.25) is 0 Å². The highest BCUT2D eigenvalue weighted by atomic mass is 16.4. The van der Waals surface area contributed by atoms with Gasteiger partial charge in [0.1, 0.15) is 6.54 Å². The van der Waals surface area contributed by atoms with E-state index in [1.54, 1.807) is 6.21 Å². The number of carbonyl (C=O) groups is 1. The summed E-state index contributed by atoms with van der Waals surface area (Å²) in [4.78, 5) is 16.6. The molecular weight excluding hydrogens is 196 g/mol. The van der Waals surface area contributed by atoms with Gasteiger partial charge in [-0.1, -0.05) is 19.0 Å². The van der Waals surface area contributed by atoms with Crippen LogP contribution in [0.5, 0.6) is 0 Å². The molecule has 0 fully saturated rings. The highest BCUT2D eigenvalue weighted by Gasteiger charge is 2.15. The lowest BCUT2D eigenvalue weighted by atomic mass is 9.86. The average Bonchev–Trinajstić information content (AvgIpc) is 2.13. The first-order valence-electron chi connectivity index (χ1n) is 4.69. The van der Waals surface area contributed by atoms with Crippen molar-refractivity contribution in [3.8, 4) is 0 Å². The second-order valence-electron chi connectivity index (χ2n) is 3.99. The first kappa shape index (κ1) is 13.4. The van der Waals surface area contributed by atoms with Gasteiger partial charge < -0.3 is 5.11 Å². The van der Waals surface area contributed by atoms with E-state index in [1.165, 1.54) is 0 Å². The van der Waals surface area contributed by atoms with Crippen molar-refractivity contribution in [2.24, 2.45) is 15.5 Å². The first-order chi connectivity index (χ1) is 6.98. The van der Waals surface area contributed by atoms with Crippen LogP contribution in [-0.4, -0.2) is 30.4 Å². The van der Waals surface area contributed by atoms with E-state index in [-0.39, 0.29) is 12.0 Å². The Morgan fingerprint density at radius 1 is 1.60 bits per heavy atom. The second kappa shape index (κ2) is 6.84. The zero-order chi connectivity index (χ0) is 11.7. The molecule has 1 N–H and O–H groups in total. The number of carboxylic acids is 1. The largest absolute Gasteiger partial charge is 0.480 e. The van der Waals surface area contributed by atoms with Gasteiger partial charge in [0.25, 0.3) is 0 Å². The van der Waals surface area contributed by atoms with E-state index in [1.807, 2.05) is 13.8 Å². The van der Waals surface area contributed by atoms with Crippen LogP contribution in [0.4, 0.5) is 0 Å². The van der Waals surface area contributed by atoms with Gasteiger partial charge in [0.2, 0.25) is 0 Å². The zero-order valence-electron chi connectivity index (χ0n) is 9.05. The zero-order valence-corrected chi connectivity index (χ0v) is 9.05. The van der Waals surface area contributed by atoms with Crippen molar-refractivity contribution < 1.29 is 9.90 Å². The molecule has 0 rings (SSSR count). The van der Waals surface area contributed by atoms with Crippen molar-refractivity contribution in [1.29, 1.82) is 0 Å². The van der Waals surface area contributed by atoms with Crippen LogP contribution >= 0.6 is 0 Å². The monoisotopic (exact) mass is 212 g/mol. The molecule has 6 nitrogen and oxygen atoms in total. The van der Waals surface area contributed by atoms with Crippen LogP contribution in [0.25, 0.3) is 10.4 Å². The number of aliphatic imine (C=N–C) groups is 1. The predicted octanol–water partition coefficient (Wildman–Crippen LogP) is 2.26. The van der Waals surface area contributed by atoms with Crippen LogP contribution in [0, 0.1) is 5.41 Å². The normalized spacial score (nSPS) is 11.3. The molecule has 0 unspecified atom stereocenters. The number of hydrogen-bond donors (Lipinski definition) is 1. The Balaban J connectivity index is 3.86. The molecule has 0 saturated heterocycles. The summed E-state index contributed by atoms with van der Waals surface area (Å²) in [7, 11) is 0. The highest BCUT2D eigenvalue weighted by Crippen LogP contribution is 2.23. The summed E-state index contributed by atoms with van der Waals surface area (Å²) < 4.78 is 0. The predicted molar refractivity (Wildman–Crippen MR) is 58.0 cm³/mol. The lowest BCUT2D eigenvalue weighted by molar-refractivity contribution is -0.135. The molecule has 6 heteroatoms. The second-order valence-corrected chi connectivity index (χ2v) is 3.99. The van der Waals surface area contributed by atoms with Gasteiger partial charge >= 0.3 is 5.97 Å². The van der Waals surface area contributed by atoms with Gasteiger partial charge in [-0.15, -0.1) is 0 Å². The Morgan fingerprint density at radius 3 is 2.80 bits per heavy atom. The molecule has 0 aromatic carbocycles. The fourth-order valence-corrected chi connectivity index (χ4v) is 0.954. The third-order valence-corrected chi connectivity index (χ3v) is 1.95. The van der Waals surface area contributed by atoms with E-state index in [4.69, 9.17) is 10.6 Å². The van der Waals surface area contributed by atoms with Gasteiger partial charge in [0.05, 0.1) is 0 Å². The third kappa shape index (κ3) is 8.77. The summed E-state index contributed by atoms with van der Waals surface area (Å²) in [5.41, 5.74) is 8.09. The number of azide groups is 1. The molecule has 0 aliphatic carbocycles. The van der Waals surface area contributed by atoms with Gasteiger partial charge in [-0.25, -0.2) is 0 Å². The first-order valence-corrected chi connectivity index (χ1v) is 4.69. The van der Waals surface area contributed by atoms with E-state index >= 15 is 0 Å². The van der Waals surface area contributed by atoms with Gasteiger partial charge in [0.15, 0.2) is 0 Å². The topological polar surface area (TPSA) is 98.4 Å². The Kier molecular flexibility index (Phi) is 6.13. The molecule has 0 aromatic heterocycles. The van der Waals surface area contributed by atoms with Gasteiger partial charge in [0, 0.05) is 11.5 Å². The number of nitrogens with zero attached hydrogens (tertiary/aromatic N) is 4. The summed E-state index contributed by atoms with van der Waals surface area (Å²) in [5, 5.41) is 11.8. The van der Waals surface area contributed by atoms with Crippen molar-refractivity contribution in [2.75, 3.05) is 13.1 Å². The van der Waals surface area contributed by atoms with Crippen LogP contribution in [-0.2, 0) is 4.79 Å². The van der Waals surface area contributed by atoms with Crippen molar-refractivity contribution >= 4 is 12.2 Å². The molecule has 15 heavy (non-hydrogen) atoms. The maximum atomic E-state index is 10.2. The van der Waals surface area contributed by atoms with Crippen molar-refractivity contribution in [1.82, 2.24) is 0 Å². The van der Waals surface area contributed by atoms with Crippen molar-refractivity contribution in [3.05, 3.63) is 10.4 Å². The van der Waals surface area contributed by atoms with E-state index in [0.717, 1.165) is 6.42 Å². The van der Waals surface area contributed by atoms with Crippen molar-refractivity contribution in [3.63, 3.8) is 0 Å². The minimum atomic E-state index is -0.932. The van der Waals surface area contributed by atoms with Gasteiger partial charge in [-0.2, -0.15) is 0 Å². The van der Waals surface area contributed by atoms with Crippen LogP contribution in [0.1, 0.15) is 26.7 Å². The van der Waals surface area contributed by atoms with Crippen LogP contribution < -0.4 is 0 Å². The van der Waals surface area contributed by atoms with Crippen LogP contribution in [0.3, 0.4) is 0 Å². The minimum Gasteiger partial charge on any atom is -0.480 e. The molecule has 0 aromatic rings. The molecule has 0 spiro atoms. The fraction of sp³-hybridized carbons (Fsp3) is 0.778. The van der Waals surface area contributed by atoms with E-state index in [9.17, 15) is 4.79 Å². The molecule has 0 radical (unpaired) electrons. The molecule has 0 bridgehead atoms. The minimum absolute atomic E-state index is 0.0177. The van der Waals surface area contributed by atoms with E-state index in [0.29, 0.717) is 13.0 Å². The summed E-state index contributed by atoms with van der Waals surface area (Å²) in [6, 6.07) is 0. The molecule has 0 heterocycles. The lowest BCUT2D eigenvalue weighted by Gasteiger charge is -2.20. The highest BCUT2D eigenvalue weighted by molar-refractivity contribution is 5.72. The Labute approximate surface area is 88.6 Å². The maximum Gasteiger partial charge on any atom is 0.325 e. The molecule has 0 atom stereocenters. The van der Waals surface area contributed by atoms with Crippen molar-refractivity contribution in [2.45, 2.75) is 26.7 Å². The summed E-state index contributed by atoms with van der Waals surface area (Å²) >= 11 is 0. The quantitative estimate of drug-likeness (QED) is 0.303. The SMILES string of the molecule is CC(C)(CC=NCC(=O)O)CCN=[N+]=[N-]. The molecular formula is C9H16N4O2. The van der Waals surface area contributed by atoms with Crippen LogP contribution in [0.15, 0.2) is 10.1 Å². The molecule has 0 amide bonds. The number of hydrogen-bond acceptors (Lipinski definition) is 3. The molecule has 0 aliphatic rings. The summed E-state index contributed by atoms with van der Waals surface area (Å²) in [6.45, 7) is 4.31. The van der Waals surface area contributed by atoms with E-state index < -0.39 is 5.97 Å². The number of carboxylic acid groups (broad SMARTS) is 1. The van der Waals surface area contributed by atoms with E-state index in [2.05, 4.69) is 15.0 Å². The Bertz CT molecular complexity index is 280. The summed E-state index contributed by atoms with van der Waals surface area (Å²) in [5.74, 6) is -0.932. The molecule has 84 valence electrons. The summed E-state index contributed by atoms with van der Waals surface area (Å²) in [6.07, 6.45) is 3.06. The fourth-order valence-electron chi connectivity index (χ4n) is 0.954. The maximum absolute atomic E-state index is 10.2. The Morgan fingerprint density at radius 2 is 2.27 bits per heavy atom. The number of aliphatic carboxylic acids is 1. The lowest BCUT2D eigenvalue weighted by Crippen LogP contribution is -2.13. The molecule has 0 saturated carbocycles. The van der Waals surface area contributed by atoms with Gasteiger partial charge in [-0.05, 0) is 30.0 Å².